The third-order valence-electron chi connectivity index (χ3n) is 8.39. The maximum absolute atomic E-state index is 15.4. The van der Waals surface area contributed by atoms with E-state index in [2.05, 4.69) is 20.3 Å². The molecule has 0 unspecified atom stereocenters. The fraction of sp³-hybridized carbons (Fsp3) is 0.306. The Morgan fingerprint density at radius 2 is 1.71 bits per heavy atom. The SMILES string of the molecule is COc1cc2c(Oc3ccc(NC(=O)c4nn(-c5ccc(C)cc5)c(=O)n(C)c4=O)cc3F)ccnc2cc1OCCCN1CCCCC1. The van der Waals surface area contributed by atoms with Gasteiger partial charge in [-0.15, -0.1) is 0 Å². The van der Waals surface area contributed by atoms with Crippen molar-refractivity contribution < 1.29 is 23.4 Å². The van der Waals surface area contributed by atoms with Crippen molar-refractivity contribution >= 4 is 22.5 Å². The number of rotatable bonds is 11. The van der Waals surface area contributed by atoms with Crippen LogP contribution >= 0.6 is 0 Å². The molecule has 0 saturated carbocycles. The Hall–Kier alpha value is -5.56. The summed E-state index contributed by atoms with van der Waals surface area (Å²) in [7, 11) is 2.80. The number of carbonyl (C=O) groups is 1. The van der Waals surface area contributed by atoms with Crippen LogP contribution in [0.2, 0.25) is 0 Å². The van der Waals surface area contributed by atoms with Crippen molar-refractivity contribution in [2.75, 3.05) is 38.7 Å². The molecule has 5 aromatic rings. The number of hydrogen-bond donors (Lipinski definition) is 1. The second kappa shape index (κ2) is 14.7. The third kappa shape index (κ3) is 7.46. The van der Waals surface area contributed by atoms with E-state index in [0.717, 1.165) is 46.9 Å². The van der Waals surface area contributed by atoms with Gasteiger partial charge in [0.15, 0.2) is 23.1 Å². The zero-order valence-corrected chi connectivity index (χ0v) is 27.6. The zero-order chi connectivity index (χ0) is 34.5. The summed E-state index contributed by atoms with van der Waals surface area (Å²) < 4.78 is 34.7. The van der Waals surface area contributed by atoms with Gasteiger partial charge in [0.1, 0.15) is 5.75 Å². The second-order valence-corrected chi connectivity index (χ2v) is 11.9. The minimum Gasteiger partial charge on any atom is -0.493 e. The minimum absolute atomic E-state index is 0.0510. The molecule has 6 rings (SSSR count). The van der Waals surface area contributed by atoms with Gasteiger partial charge in [0.25, 0.3) is 11.5 Å². The molecule has 3 aromatic carbocycles. The number of nitrogens with one attached hydrogen (secondary N) is 1. The summed E-state index contributed by atoms with van der Waals surface area (Å²) in [6.07, 6.45) is 6.23. The van der Waals surface area contributed by atoms with E-state index >= 15 is 4.39 Å². The highest BCUT2D eigenvalue weighted by Gasteiger charge is 2.20. The monoisotopic (exact) mass is 668 g/mol. The summed E-state index contributed by atoms with van der Waals surface area (Å²) in [5, 5.41) is 7.10. The van der Waals surface area contributed by atoms with E-state index in [-0.39, 0.29) is 11.4 Å². The number of fused-ring (bicyclic) bond motifs is 1. The fourth-order valence-electron chi connectivity index (χ4n) is 5.68. The molecule has 0 aliphatic carbocycles. The average molecular weight is 669 g/mol. The molecule has 0 radical (unpaired) electrons. The number of benzene rings is 3. The maximum atomic E-state index is 15.4. The predicted octanol–water partition coefficient (Wildman–Crippen LogP) is 5.23. The number of ether oxygens (including phenoxy) is 3. The first-order valence-electron chi connectivity index (χ1n) is 16.1. The van der Waals surface area contributed by atoms with Crippen molar-refractivity contribution in [2.24, 2.45) is 7.05 Å². The molecule has 1 aliphatic rings. The molecule has 49 heavy (non-hydrogen) atoms. The normalized spacial score (nSPS) is 13.3. The lowest BCUT2D eigenvalue weighted by atomic mass is 10.1. The first kappa shape index (κ1) is 33.3. The van der Waals surface area contributed by atoms with Gasteiger partial charge in [-0.1, -0.05) is 24.1 Å². The van der Waals surface area contributed by atoms with Crippen molar-refractivity contribution in [3.8, 4) is 28.7 Å². The molecule has 254 valence electrons. The predicted molar refractivity (Wildman–Crippen MR) is 183 cm³/mol. The van der Waals surface area contributed by atoms with Gasteiger partial charge in [0.05, 0.1) is 24.9 Å². The molecule has 1 saturated heterocycles. The number of carbonyl (C=O) groups excluding carboxylic acids is 1. The number of aryl methyl sites for hydroxylation is 1. The van der Waals surface area contributed by atoms with E-state index in [0.29, 0.717) is 40.4 Å². The summed E-state index contributed by atoms with van der Waals surface area (Å²) in [5.74, 6) is -0.398. The summed E-state index contributed by atoms with van der Waals surface area (Å²) in [4.78, 5) is 45.6. The Bertz CT molecular complexity index is 2110. The Morgan fingerprint density at radius 1 is 0.939 bits per heavy atom. The molecule has 0 atom stereocenters. The Morgan fingerprint density at radius 3 is 2.45 bits per heavy atom. The topological polar surface area (TPSA) is 130 Å². The van der Waals surface area contributed by atoms with E-state index in [1.807, 2.05) is 6.92 Å². The molecule has 1 fully saturated rings. The van der Waals surface area contributed by atoms with Crippen LogP contribution in [0.4, 0.5) is 10.1 Å². The molecule has 0 bridgehead atoms. The van der Waals surface area contributed by atoms with Gasteiger partial charge in [-0.3, -0.25) is 19.1 Å². The van der Waals surface area contributed by atoms with Crippen molar-refractivity contribution in [1.29, 1.82) is 0 Å². The van der Waals surface area contributed by atoms with Crippen LogP contribution in [0.1, 0.15) is 41.7 Å². The van der Waals surface area contributed by atoms with Crippen LogP contribution < -0.4 is 30.8 Å². The number of pyridine rings is 1. The van der Waals surface area contributed by atoms with Gasteiger partial charge in [-0.25, -0.2) is 9.18 Å². The van der Waals surface area contributed by atoms with E-state index in [1.165, 1.54) is 38.4 Å². The quantitative estimate of drug-likeness (QED) is 0.188. The van der Waals surface area contributed by atoms with Crippen molar-refractivity contribution in [3.05, 3.63) is 105 Å². The number of aromatic nitrogens is 4. The first-order chi connectivity index (χ1) is 23.7. The van der Waals surface area contributed by atoms with Gasteiger partial charge < -0.3 is 24.4 Å². The van der Waals surface area contributed by atoms with E-state index < -0.39 is 28.7 Å². The molecular formula is C36H37FN6O6. The standard InChI is InChI=1S/C36H37FN6O6/c1-23-8-11-25(12-9-23)43-36(46)41(2)35(45)33(40-43)34(44)39-24-10-13-30(27(37)20-24)49-29-14-15-38-28-22-32(31(47-3)21-26(28)29)48-19-7-18-42-16-5-4-6-17-42/h8-15,20-22H,4-7,16-19H2,1-3H3,(H,39,44). The summed E-state index contributed by atoms with van der Waals surface area (Å²) in [6.45, 7) is 5.67. The Labute approximate surface area is 281 Å². The maximum Gasteiger partial charge on any atom is 0.351 e. The van der Waals surface area contributed by atoms with E-state index in [4.69, 9.17) is 14.2 Å². The lowest BCUT2D eigenvalue weighted by molar-refractivity contribution is 0.101. The molecule has 0 spiro atoms. The van der Waals surface area contributed by atoms with Crippen LogP contribution in [0.3, 0.4) is 0 Å². The lowest BCUT2D eigenvalue weighted by Crippen LogP contribution is -2.43. The highest BCUT2D eigenvalue weighted by Crippen LogP contribution is 2.38. The van der Waals surface area contributed by atoms with Crippen LogP contribution in [0.25, 0.3) is 16.6 Å². The van der Waals surface area contributed by atoms with Gasteiger partial charge in [0.2, 0.25) is 5.69 Å². The van der Waals surface area contributed by atoms with Crippen LogP contribution in [0.15, 0.2) is 76.4 Å². The van der Waals surface area contributed by atoms with Gasteiger partial charge in [-0.2, -0.15) is 9.78 Å². The van der Waals surface area contributed by atoms with Crippen LogP contribution in [-0.2, 0) is 7.05 Å². The highest BCUT2D eigenvalue weighted by atomic mass is 19.1. The molecule has 1 amide bonds. The van der Waals surface area contributed by atoms with Crippen molar-refractivity contribution in [2.45, 2.75) is 32.6 Å². The van der Waals surface area contributed by atoms with Crippen molar-refractivity contribution in [1.82, 2.24) is 24.2 Å². The minimum atomic E-state index is -0.911. The lowest BCUT2D eigenvalue weighted by Gasteiger charge is -2.26. The number of methoxy groups -OCH3 is 1. The molecule has 13 heteroatoms. The number of likely N-dealkylation sites (tertiary alicyclic amines) is 1. The molecule has 12 nitrogen and oxygen atoms in total. The molecule has 1 aliphatic heterocycles. The molecule has 2 aromatic heterocycles. The number of nitrogens with zero attached hydrogens (tertiary/aromatic N) is 5. The van der Waals surface area contributed by atoms with Crippen molar-refractivity contribution in [3.63, 3.8) is 0 Å². The first-order valence-corrected chi connectivity index (χ1v) is 16.1. The average Bonchev–Trinajstić information content (AvgIpc) is 3.11. The summed E-state index contributed by atoms with van der Waals surface area (Å²) in [6, 6.07) is 15.8. The van der Waals surface area contributed by atoms with Crippen LogP contribution in [0, 0.1) is 12.7 Å². The largest absolute Gasteiger partial charge is 0.493 e. The van der Waals surface area contributed by atoms with Gasteiger partial charge >= 0.3 is 5.69 Å². The Kier molecular flexibility index (Phi) is 10.00. The highest BCUT2D eigenvalue weighted by molar-refractivity contribution is 6.02. The van der Waals surface area contributed by atoms with E-state index in [1.54, 1.807) is 55.8 Å². The smallest absolute Gasteiger partial charge is 0.351 e. The van der Waals surface area contributed by atoms with E-state index in [9.17, 15) is 14.4 Å². The zero-order valence-electron chi connectivity index (χ0n) is 27.6. The number of piperidine rings is 1. The molecule has 1 N–H and O–H groups in total. The number of anilines is 1. The van der Waals surface area contributed by atoms with Crippen LogP contribution in [0.5, 0.6) is 23.0 Å². The third-order valence-corrected chi connectivity index (χ3v) is 8.39. The van der Waals surface area contributed by atoms with Crippen LogP contribution in [-0.4, -0.2) is 63.5 Å². The molecular weight excluding hydrogens is 631 g/mol. The number of halogens is 1. The second-order valence-electron chi connectivity index (χ2n) is 11.9. The number of hydrogen-bond acceptors (Lipinski definition) is 9. The summed E-state index contributed by atoms with van der Waals surface area (Å²) >= 11 is 0. The van der Waals surface area contributed by atoms with Gasteiger partial charge in [-0.05, 0) is 75.7 Å². The Balaban J connectivity index is 1.17. The fourth-order valence-corrected chi connectivity index (χ4v) is 5.68. The summed E-state index contributed by atoms with van der Waals surface area (Å²) in [5.41, 5.74) is -0.181. The molecule has 3 heterocycles. The number of amides is 1. The van der Waals surface area contributed by atoms with Gasteiger partial charge in [0, 0.05) is 43.0 Å².